The third-order valence-corrected chi connectivity index (χ3v) is 4.86. The fourth-order valence-electron chi connectivity index (χ4n) is 2.54. The lowest BCUT2D eigenvalue weighted by molar-refractivity contribution is -0.384. The van der Waals surface area contributed by atoms with Crippen LogP contribution in [0.2, 0.25) is 0 Å². The van der Waals surface area contributed by atoms with Crippen LogP contribution in [0.3, 0.4) is 0 Å². The zero-order valence-corrected chi connectivity index (χ0v) is 11.9. The van der Waals surface area contributed by atoms with Gasteiger partial charge < -0.3 is 5.11 Å². The van der Waals surface area contributed by atoms with Crippen molar-refractivity contribution in [1.29, 1.82) is 0 Å². The summed E-state index contributed by atoms with van der Waals surface area (Å²) >= 11 is 1.26. The second-order valence-electron chi connectivity index (χ2n) is 4.99. The average molecular weight is 293 g/mol. The van der Waals surface area contributed by atoms with Gasteiger partial charge in [-0.1, -0.05) is 0 Å². The van der Waals surface area contributed by atoms with Crippen LogP contribution in [-0.4, -0.2) is 19.6 Å². The van der Waals surface area contributed by atoms with E-state index in [1.807, 2.05) is 4.57 Å². The number of hydrogen-bond donors (Lipinski definition) is 1. The Bertz CT molecular complexity index is 660. The largest absolute Gasteiger partial charge is 0.388 e. The lowest BCUT2D eigenvalue weighted by Gasteiger charge is -2.12. The number of aliphatic hydroxyl groups is 1. The molecule has 2 aromatic heterocycles. The maximum Gasteiger partial charge on any atom is 0.304 e. The SMILES string of the molecule is CC(O)c1cc([N+](=O)[O-])c(-n2cnc3c2CCCC3)s1. The van der Waals surface area contributed by atoms with E-state index < -0.39 is 11.0 Å². The summed E-state index contributed by atoms with van der Waals surface area (Å²) in [6.45, 7) is 1.61. The van der Waals surface area contributed by atoms with Gasteiger partial charge in [-0.25, -0.2) is 4.98 Å². The summed E-state index contributed by atoms with van der Waals surface area (Å²) in [5, 5.41) is 21.4. The third-order valence-electron chi connectivity index (χ3n) is 3.57. The van der Waals surface area contributed by atoms with E-state index in [9.17, 15) is 15.2 Å². The highest BCUT2D eigenvalue weighted by atomic mass is 32.1. The number of hydrogen-bond acceptors (Lipinski definition) is 5. The minimum absolute atomic E-state index is 0.0386. The number of rotatable bonds is 3. The number of aliphatic hydroxyl groups excluding tert-OH is 1. The number of aromatic nitrogens is 2. The molecule has 0 amide bonds. The van der Waals surface area contributed by atoms with E-state index in [0.717, 1.165) is 37.1 Å². The predicted octanol–water partition coefficient (Wildman–Crippen LogP) is 2.77. The Labute approximate surface area is 119 Å². The molecule has 2 heterocycles. The molecule has 0 radical (unpaired) electrons. The summed E-state index contributed by atoms with van der Waals surface area (Å²) in [6, 6.07) is 1.46. The van der Waals surface area contributed by atoms with Gasteiger partial charge in [-0.3, -0.25) is 14.7 Å². The van der Waals surface area contributed by atoms with Crippen molar-refractivity contribution < 1.29 is 10.0 Å². The maximum absolute atomic E-state index is 11.2. The molecule has 2 aromatic rings. The molecule has 20 heavy (non-hydrogen) atoms. The van der Waals surface area contributed by atoms with Crippen molar-refractivity contribution in [2.45, 2.75) is 38.7 Å². The molecule has 1 unspecified atom stereocenters. The van der Waals surface area contributed by atoms with Gasteiger partial charge in [0.15, 0.2) is 5.00 Å². The molecule has 0 saturated heterocycles. The number of imidazole rings is 1. The van der Waals surface area contributed by atoms with Crippen LogP contribution in [0.15, 0.2) is 12.4 Å². The second kappa shape index (κ2) is 4.99. The molecule has 0 saturated carbocycles. The molecule has 1 aliphatic rings. The van der Waals surface area contributed by atoms with Crippen LogP contribution in [0.25, 0.3) is 5.00 Å². The molecular formula is C13H15N3O3S. The highest BCUT2D eigenvalue weighted by Gasteiger charge is 2.26. The fraction of sp³-hybridized carbons (Fsp3) is 0.462. The van der Waals surface area contributed by atoms with E-state index in [4.69, 9.17) is 0 Å². The zero-order valence-electron chi connectivity index (χ0n) is 11.1. The van der Waals surface area contributed by atoms with Gasteiger partial charge in [0, 0.05) is 16.6 Å². The molecule has 0 spiro atoms. The molecule has 0 aliphatic heterocycles. The van der Waals surface area contributed by atoms with Gasteiger partial charge in [0.25, 0.3) is 0 Å². The number of thiophene rings is 1. The number of nitrogens with zero attached hydrogens (tertiary/aromatic N) is 3. The van der Waals surface area contributed by atoms with Crippen molar-refractivity contribution in [1.82, 2.24) is 9.55 Å². The van der Waals surface area contributed by atoms with Crippen LogP contribution in [0.5, 0.6) is 0 Å². The normalized spacial score (nSPS) is 15.9. The van der Waals surface area contributed by atoms with Crippen molar-refractivity contribution >= 4 is 17.0 Å². The molecule has 1 N–H and O–H groups in total. The Morgan fingerprint density at radius 3 is 2.95 bits per heavy atom. The minimum atomic E-state index is -0.702. The van der Waals surface area contributed by atoms with E-state index in [0.29, 0.717) is 9.88 Å². The van der Waals surface area contributed by atoms with Gasteiger partial charge in [0.1, 0.15) is 6.33 Å². The lowest BCUT2D eigenvalue weighted by Crippen LogP contribution is -2.06. The number of fused-ring (bicyclic) bond motifs is 1. The molecule has 106 valence electrons. The first-order valence-electron chi connectivity index (χ1n) is 6.59. The maximum atomic E-state index is 11.2. The summed E-state index contributed by atoms with van der Waals surface area (Å²) in [7, 11) is 0. The topological polar surface area (TPSA) is 81.2 Å². The summed E-state index contributed by atoms with van der Waals surface area (Å²) < 4.78 is 1.82. The first-order chi connectivity index (χ1) is 9.58. The van der Waals surface area contributed by atoms with Crippen molar-refractivity contribution in [2.75, 3.05) is 0 Å². The van der Waals surface area contributed by atoms with Crippen LogP contribution in [-0.2, 0) is 12.8 Å². The Morgan fingerprint density at radius 1 is 1.50 bits per heavy atom. The second-order valence-corrected chi connectivity index (χ2v) is 6.05. The molecule has 7 heteroatoms. The number of aryl methyl sites for hydroxylation is 1. The van der Waals surface area contributed by atoms with E-state index in [1.165, 1.54) is 17.4 Å². The van der Waals surface area contributed by atoms with Crippen molar-refractivity contribution in [3.8, 4) is 5.00 Å². The van der Waals surface area contributed by atoms with Gasteiger partial charge in [-0.15, -0.1) is 11.3 Å². The molecule has 0 fully saturated rings. The smallest absolute Gasteiger partial charge is 0.304 e. The minimum Gasteiger partial charge on any atom is -0.388 e. The highest BCUT2D eigenvalue weighted by Crippen LogP contribution is 2.37. The van der Waals surface area contributed by atoms with Crippen LogP contribution < -0.4 is 0 Å². The van der Waals surface area contributed by atoms with Gasteiger partial charge in [-0.2, -0.15) is 0 Å². The molecule has 6 nitrogen and oxygen atoms in total. The van der Waals surface area contributed by atoms with Gasteiger partial charge in [-0.05, 0) is 32.6 Å². The number of nitro groups is 1. The molecule has 0 bridgehead atoms. The quantitative estimate of drug-likeness (QED) is 0.697. The van der Waals surface area contributed by atoms with E-state index in [2.05, 4.69) is 4.98 Å². The third kappa shape index (κ3) is 2.12. The highest BCUT2D eigenvalue weighted by molar-refractivity contribution is 7.15. The Hall–Kier alpha value is -1.73. The molecule has 3 rings (SSSR count). The Morgan fingerprint density at radius 2 is 2.25 bits per heavy atom. The first kappa shape index (κ1) is 13.3. The van der Waals surface area contributed by atoms with Crippen molar-refractivity contribution in [3.63, 3.8) is 0 Å². The van der Waals surface area contributed by atoms with Gasteiger partial charge >= 0.3 is 5.69 Å². The standard InChI is InChI=1S/C13H15N3O3S/c1-8(17)12-6-11(16(18)19)13(20-12)15-7-14-9-4-2-3-5-10(9)15/h6-8,17H,2-5H2,1H3. The molecular weight excluding hydrogens is 278 g/mol. The lowest BCUT2D eigenvalue weighted by atomic mass is 10.0. The van der Waals surface area contributed by atoms with Crippen LogP contribution in [0.4, 0.5) is 5.69 Å². The Balaban J connectivity index is 2.13. The summed E-state index contributed by atoms with van der Waals surface area (Å²) in [6.07, 6.45) is 5.00. The van der Waals surface area contributed by atoms with E-state index in [-0.39, 0.29) is 5.69 Å². The van der Waals surface area contributed by atoms with Crippen molar-refractivity contribution in [3.05, 3.63) is 38.8 Å². The van der Waals surface area contributed by atoms with Crippen LogP contribution in [0, 0.1) is 10.1 Å². The monoisotopic (exact) mass is 293 g/mol. The van der Waals surface area contributed by atoms with E-state index in [1.54, 1.807) is 13.3 Å². The fourth-order valence-corrected chi connectivity index (χ4v) is 3.60. The Kier molecular flexibility index (Phi) is 3.31. The van der Waals surface area contributed by atoms with Crippen LogP contribution >= 0.6 is 11.3 Å². The van der Waals surface area contributed by atoms with E-state index >= 15 is 0 Å². The van der Waals surface area contributed by atoms with Crippen molar-refractivity contribution in [2.24, 2.45) is 0 Å². The predicted molar refractivity (Wildman–Crippen MR) is 75.4 cm³/mol. The molecule has 0 aromatic carbocycles. The van der Waals surface area contributed by atoms with Gasteiger partial charge in [0.05, 0.1) is 16.7 Å². The summed E-state index contributed by atoms with van der Waals surface area (Å²) in [4.78, 5) is 15.8. The molecule has 1 atom stereocenters. The van der Waals surface area contributed by atoms with Crippen LogP contribution in [0.1, 0.15) is 42.1 Å². The first-order valence-corrected chi connectivity index (χ1v) is 7.41. The summed E-state index contributed by atoms with van der Waals surface area (Å²) in [5.41, 5.74) is 2.15. The summed E-state index contributed by atoms with van der Waals surface area (Å²) in [5.74, 6) is 0. The molecule has 1 aliphatic carbocycles. The zero-order chi connectivity index (χ0) is 14.3. The average Bonchev–Trinajstić information content (AvgIpc) is 3.02. The van der Waals surface area contributed by atoms with Gasteiger partial charge in [0.2, 0.25) is 0 Å².